The lowest BCUT2D eigenvalue weighted by atomic mass is 10.2. The van der Waals surface area contributed by atoms with Gasteiger partial charge in [-0.2, -0.15) is 10.2 Å². The SMILES string of the molecule is CC(C)N1CCCn2nc(C(=O)NCCCn3cncn3)cc2C1. The zero-order valence-corrected chi connectivity index (χ0v) is 14.4. The molecule has 0 bridgehead atoms. The lowest BCUT2D eigenvalue weighted by molar-refractivity contribution is 0.0946. The Hall–Kier alpha value is -2.22. The van der Waals surface area contributed by atoms with Crippen molar-refractivity contribution in [1.82, 2.24) is 34.8 Å². The maximum Gasteiger partial charge on any atom is 0.271 e. The van der Waals surface area contributed by atoms with Crippen molar-refractivity contribution in [2.75, 3.05) is 13.1 Å². The first-order chi connectivity index (χ1) is 11.6. The molecular formula is C16H25N7O. The van der Waals surface area contributed by atoms with Crippen LogP contribution in [0, 0.1) is 0 Å². The van der Waals surface area contributed by atoms with Gasteiger partial charge >= 0.3 is 0 Å². The highest BCUT2D eigenvalue weighted by molar-refractivity contribution is 5.92. The first-order valence-corrected chi connectivity index (χ1v) is 8.55. The fourth-order valence-corrected chi connectivity index (χ4v) is 2.92. The topological polar surface area (TPSA) is 80.9 Å². The molecule has 1 aliphatic rings. The Morgan fingerprint density at radius 1 is 1.38 bits per heavy atom. The molecule has 24 heavy (non-hydrogen) atoms. The van der Waals surface area contributed by atoms with Crippen LogP contribution < -0.4 is 5.32 Å². The van der Waals surface area contributed by atoms with E-state index in [2.05, 4.69) is 39.2 Å². The number of nitrogens with one attached hydrogen (secondary N) is 1. The van der Waals surface area contributed by atoms with Crippen molar-refractivity contribution in [3.8, 4) is 0 Å². The van der Waals surface area contributed by atoms with Gasteiger partial charge in [-0.15, -0.1) is 0 Å². The molecule has 1 N–H and O–H groups in total. The third-order valence-corrected chi connectivity index (χ3v) is 4.32. The summed E-state index contributed by atoms with van der Waals surface area (Å²) in [4.78, 5) is 18.6. The Kier molecular flexibility index (Phi) is 5.24. The van der Waals surface area contributed by atoms with Gasteiger partial charge in [0.25, 0.3) is 5.91 Å². The average Bonchev–Trinajstić information content (AvgIpc) is 3.17. The Morgan fingerprint density at radius 3 is 3.00 bits per heavy atom. The average molecular weight is 331 g/mol. The number of amides is 1. The first kappa shape index (κ1) is 16.6. The van der Waals surface area contributed by atoms with E-state index in [1.165, 1.54) is 6.33 Å². The Balaban J connectivity index is 1.53. The Morgan fingerprint density at radius 2 is 2.25 bits per heavy atom. The highest BCUT2D eigenvalue weighted by Crippen LogP contribution is 2.15. The molecule has 0 saturated carbocycles. The van der Waals surface area contributed by atoms with Gasteiger partial charge in [0.05, 0.1) is 5.69 Å². The third kappa shape index (κ3) is 4.00. The molecule has 8 nitrogen and oxygen atoms in total. The van der Waals surface area contributed by atoms with Crippen LogP contribution in [-0.4, -0.2) is 54.5 Å². The maximum atomic E-state index is 12.3. The summed E-state index contributed by atoms with van der Waals surface area (Å²) in [6.45, 7) is 8.54. The van der Waals surface area contributed by atoms with Crippen molar-refractivity contribution < 1.29 is 4.79 Å². The molecule has 2 aromatic rings. The highest BCUT2D eigenvalue weighted by Gasteiger charge is 2.20. The van der Waals surface area contributed by atoms with Crippen molar-refractivity contribution in [2.24, 2.45) is 0 Å². The van der Waals surface area contributed by atoms with E-state index < -0.39 is 0 Å². The van der Waals surface area contributed by atoms with Gasteiger partial charge in [-0.1, -0.05) is 0 Å². The minimum absolute atomic E-state index is 0.106. The summed E-state index contributed by atoms with van der Waals surface area (Å²) in [5.74, 6) is -0.106. The van der Waals surface area contributed by atoms with Crippen molar-refractivity contribution in [1.29, 1.82) is 0 Å². The molecule has 3 heterocycles. The molecule has 0 atom stereocenters. The van der Waals surface area contributed by atoms with Gasteiger partial charge in [0.1, 0.15) is 18.3 Å². The largest absolute Gasteiger partial charge is 0.351 e. The summed E-state index contributed by atoms with van der Waals surface area (Å²) in [7, 11) is 0. The quantitative estimate of drug-likeness (QED) is 0.796. The maximum absolute atomic E-state index is 12.3. The number of hydrogen-bond donors (Lipinski definition) is 1. The molecule has 0 aromatic carbocycles. The zero-order valence-electron chi connectivity index (χ0n) is 14.4. The molecule has 1 aliphatic heterocycles. The predicted molar refractivity (Wildman–Crippen MR) is 89.4 cm³/mol. The second kappa shape index (κ2) is 7.57. The Bertz CT molecular complexity index is 662. The molecular weight excluding hydrogens is 306 g/mol. The summed E-state index contributed by atoms with van der Waals surface area (Å²) >= 11 is 0. The van der Waals surface area contributed by atoms with Crippen LogP contribution in [0.15, 0.2) is 18.7 Å². The van der Waals surface area contributed by atoms with Crippen LogP contribution in [0.5, 0.6) is 0 Å². The number of rotatable bonds is 6. The van der Waals surface area contributed by atoms with Crippen LogP contribution in [0.2, 0.25) is 0 Å². The minimum Gasteiger partial charge on any atom is -0.351 e. The van der Waals surface area contributed by atoms with E-state index in [1.54, 1.807) is 11.0 Å². The van der Waals surface area contributed by atoms with Gasteiger partial charge in [-0.05, 0) is 32.8 Å². The molecule has 8 heteroatoms. The molecule has 0 radical (unpaired) electrons. The van der Waals surface area contributed by atoms with Gasteiger partial charge in [0.2, 0.25) is 0 Å². The minimum atomic E-state index is -0.106. The number of aryl methyl sites for hydroxylation is 2. The molecule has 2 aromatic heterocycles. The van der Waals surface area contributed by atoms with Crippen LogP contribution in [0.4, 0.5) is 0 Å². The summed E-state index contributed by atoms with van der Waals surface area (Å²) in [6.07, 6.45) is 5.06. The second-order valence-electron chi connectivity index (χ2n) is 6.43. The molecule has 0 spiro atoms. The molecule has 0 unspecified atom stereocenters. The van der Waals surface area contributed by atoms with Crippen LogP contribution >= 0.6 is 0 Å². The van der Waals surface area contributed by atoms with Crippen LogP contribution in [0.1, 0.15) is 42.9 Å². The number of aromatic nitrogens is 5. The summed E-state index contributed by atoms with van der Waals surface area (Å²) in [5, 5.41) is 11.5. The molecule has 130 valence electrons. The summed E-state index contributed by atoms with van der Waals surface area (Å²) in [6, 6.07) is 2.42. The van der Waals surface area contributed by atoms with Gasteiger partial charge in [0.15, 0.2) is 0 Å². The zero-order chi connectivity index (χ0) is 16.9. The predicted octanol–water partition coefficient (Wildman–Crippen LogP) is 0.909. The van der Waals surface area contributed by atoms with Gasteiger partial charge in [-0.25, -0.2) is 4.98 Å². The number of nitrogens with zero attached hydrogens (tertiary/aromatic N) is 6. The fraction of sp³-hybridized carbons (Fsp3) is 0.625. The molecule has 3 rings (SSSR count). The van der Waals surface area contributed by atoms with Crippen molar-refractivity contribution >= 4 is 5.91 Å². The summed E-state index contributed by atoms with van der Waals surface area (Å²) < 4.78 is 3.73. The van der Waals surface area contributed by atoms with E-state index in [-0.39, 0.29) is 5.91 Å². The molecule has 0 aliphatic carbocycles. The lowest BCUT2D eigenvalue weighted by Gasteiger charge is -2.23. The monoisotopic (exact) mass is 331 g/mol. The molecule has 1 amide bonds. The van der Waals surface area contributed by atoms with Gasteiger partial charge < -0.3 is 5.32 Å². The normalized spacial score (nSPS) is 15.3. The van der Waals surface area contributed by atoms with Gasteiger partial charge in [0, 0.05) is 38.8 Å². The smallest absolute Gasteiger partial charge is 0.271 e. The van der Waals surface area contributed by atoms with Crippen molar-refractivity contribution in [2.45, 2.75) is 52.4 Å². The van der Waals surface area contributed by atoms with Crippen molar-refractivity contribution in [3.05, 3.63) is 30.1 Å². The van der Waals surface area contributed by atoms with E-state index in [0.717, 1.165) is 44.7 Å². The second-order valence-corrected chi connectivity index (χ2v) is 6.43. The lowest BCUT2D eigenvalue weighted by Crippen LogP contribution is -2.30. The number of hydrogen-bond acceptors (Lipinski definition) is 5. The molecule has 0 fully saturated rings. The van der Waals surface area contributed by atoms with E-state index in [0.29, 0.717) is 18.3 Å². The third-order valence-electron chi connectivity index (χ3n) is 4.32. The number of carbonyl (C=O) groups is 1. The van der Waals surface area contributed by atoms with E-state index >= 15 is 0 Å². The number of carbonyl (C=O) groups excluding carboxylic acids is 1. The van der Waals surface area contributed by atoms with E-state index in [9.17, 15) is 4.79 Å². The fourth-order valence-electron chi connectivity index (χ4n) is 2.92. The van der Waals surface area contributed by atoms with Crippen LogP contribution in [0.3, 0.4) is 0 Å². The Labute approximate surface area is 141 Å². The molecule has 0 saturated heterocycles. The van der Waals surface area contributed by atoms with Crippen molar-refractivity contribution in [3.63, 3.8) is 0 Å². The van der Waals surface area contributed by atoms with Gasteiger partial charge in [-0.3, -0.25) is 19.1 Å². The van der Waals surface area contributed by atoms with Crippen LogP contribution in [-0.2, 0) is 19.6 Å². The van der Waals surface area contributed by atoms with E-state index in [4.69, 9.17) is 0 Å². The van der Waals surface area contributed by atoms with Crippen LogP contribution in [0.25, 0.3) is 0 Å². The van der Waals surface area contributed by atoms with E-state index in [1.807, 2.05) is 10.7 Å². The summed E-state index contributed by atoms with van der Waals surface area (Å²) in [5.41, 5.74) is 1.63. The standard InChI is InChI=1S/C16H25N7O/c1-13(2)21-6-4-8-23-14(10-21)9-15(20-23)16(24)18-5-3-7-22-12-17-11-19-22/h9,11-13H,3-8,10H2,1-2H3,(H,18,24). The highest BCUT2D eigenvalue weighted by atomic mass is 16.1. The first-order valence-electron chi connectivity index (χ1n) is 8.55. The number of fused-ring (bicyclic) bond motifs is 1.